The van der Waals surface area contributed by atoms with Crippen molar-refractivity contribution < 1.29 is 9.53 Å². The Morgan fingerprint density at radius 3 is 2.94 bits per heavy atom. The molecular weight excluding hydrogens is 228 g/mol. The van der Waals surface area contributed by atoms with Crippen molar-refractivity contribution in [2.45, 2.75) is 12.5 Å². The van der Waals surface area contributed by atoms with Crippen LogP contribution in [0.15, 0.2) is 12.1 Å². The van der Waals surface area contributed by atoms with E-state index in [0.717, 1.165) is 11.3 Å². The summed E-state index contributed by atoms with van der Waals surface area (Å²) in [5, 5.41) is 6.29. The predicted octanol–water partition coefficient (Wildman–Crippen LogP) is 1.43. The van der Waals surface area contributed by atoms with Crippen LogP contribution in [0.2, 0.25) is 5.02 Å². The largest absolute Gasteiger partial charge is 0.496 e. The quantitative estimate of drug-likeness (QED) is 0.822. The second-order valence-electron chi connectivity index (χ2n) is 3.64. The smallest absolute Gasteiger partial charge is 0.241 e. The molecule has 0 aliphatic carbocycles. The lowest BCUT2D eigenvalue weighted by molar-refractivity contribution is -0.118. The molecule has 0 saturated heterocycles. The Balaban J connectivity index is 2.49. The number of fused-ring (bicyclic) bond motifs is 1. The van der Waals surface area contributed by atoms with Gasteiger partial charge in [0.05, 0.1) is 23.9 Å². The van der Waals surface area contributed by atoms with Crippen LogP contribution in [0.5, 0.6) is 5.75 Å². The summed E-state index contributed by atoms with van der Waals surface area (Å²) in [6.45, 7) is 0. The third-order valence-electron chi connectivity index (χ3n) is 2.76. The number of ether oxygens (including phenoxy) is 1. The Hall–Kier alpha value is -1.26. The maximum Gasteiger partial charge on any atom is 0.241 e. The summed E-state index contributed by atoms with van der Waals surface area (Å²) in [4.78, 5) is 11.7. The van der Waals surface area contributed by atoms with E-state index in [1.807, 2.05) is 6.07 Å². The van der Waals surface area contributed by atoms with Crippen molar-refractivity contribution in [3.05, 3.63) is 22.7 Å². The number of hydrogen-bond acceptors (Lipinski definition) is 3. The van der Waals surface area contributed by atoms with E-state index in [0.29, 0.717) is 17.1 Å². The molecule has 0 bridgehead atoms. The van der Waals surface area contributed by atoms with E-state index in [1.165, 1.54) is 0 Å². The number of methoxy groups -OCH3 is 1. The van der Waals surface area contributed by atoms with Crippen molar-refractivity contribution in [3.8, 4) is 5.75 Å². The molecule has 5 heteroatoms. The number of amides is 1. The molecule has 1 unspecified atom stereocenters. The third-order valence-corrected chi connectivity index (χ3v) is 3.08. The summed E-state index contributed by atoms with van der Waals surface area (Å²) < 4.78 is 5.26. The lowest BCUT2D eigenvalue weighted by atomic mass is 9.98. The summed E-state index contributed by atoms with van der Waals surface area (Å²) >= 11 is 6.04. The normalized spacial score (nSPS) is 18.9. The van der Waals surface area contributed by atoms with Crippen LogP contribution < -0.4 is 15.4 Å². The Morgan fingerprint density at radius 1 is 1.56 bits per heavy atom. The SMILES string of the molecule is CNC1Cc2c(OC)ccc(Cl)c2NC1=O. The fraction of sp³-hybridized carbons (Fsp3) is 0.364. The first-order valence-corrected chi connectivity index (χ1v) is 5.38. The van der Waals surface area contributed by atoms with Crippen molar-refractivity contribution in [3.63, 3.8) is 0 Å². The average molecular weight is 241 g/mol. The van der Waals surface area contributed by atoms with Crippen molar-refractivity contribution in [2.24, 2.45) is 0 Å². The molecule has 0 fully saturated rings. The third kappa shape index (κ3) is 1.74. The molecule has 1 aromatic rings. The molecule has 1 aliphatic rings. The van der Waals surface area contributed by atoms with E-state index in [1.54, 1.807) is 20.2 Å². The molecule has 1 heterocycles. The molecule has 4 nitrogen and oxygen atoms in total. The van der Waals surface area contributed by atoms with Crippen LogP contribution in [0.1, 0.15) is 5.56 Å². The standard InChI is InChI=1S/C11H13ClN2O2/c1-13-8-5-6-9(16-2)4-3-7(12)10(6)14-11(8)15/h3-4,8,13H,5H2,1-2H3,(H,14,15). The summed E-state index contributed by atoms with van der Waals surface area (Å²) in [6.07, 6.45) is 0.585. The minimum atomic E-state index is -0.236. The molecule has 1 atom stereocenters. The number of anilines is 1. The van der Waals surface area contributed by atoms with Crippen molar-refractivity contribution in [1.29, 1.82) is 0 Å². The number of hydrogen-bond donors (Lipinski definition) is 2. The first-order valence-electron chi connectivity index (χ1n) is 5.01. The highest BCUT2D eigenvalue weighted by Crippen LogP contribution is 2.36. The van der Waals surface area contributed by atoms with Gasteiger partial charge in [0.2, 0.25) is 5.91 Å². The van der Waals surface area contributed by atoms with E-state index >= 15 is 0 Å². The van der Waals surface area contributed by atoms with Gasteiger partial charge in [-0.3, -0.25) is 4.79 Å². The molecule has 0 spiro atoms. The van der Waals surface area contributed by atoms with Crippen LogP contribution in [0.4, 0.5) is 5.69 Å². The van der Waals surface area contributed by atoms with Gasteiger partial charge in [0, 0.05) is 12.0 Å². The van der Waals surface area contributed by atoms with Crippen molar-refractivity contribution in [1.82, 2.24) is 5.32 Å². The molecule has 2 N–H and O–H groups in total. The highest BCUT2D eigenvalue weighted by molar-refractivity contribution is 6.34. The molecule has 0 radical (unpaired) electrons. The summed E-state index contributed by atoms with van der Waals surface area (Å²) in [5.41, 5.74) is 1.60. The fourth-order valence-electron chi connectivity index (χ4n) is 1.87. The molecule has 16 heavy (non-hydrogen) atoms. The van der Waals surface area contributed by atoms with Crippen LogP contribution >= 0.6 is 11.6 Å². The second-order valence-corrected chi connectivity index (χ2v) is 4.05. The van der Waals surface area contributed by atoms with Crippen molar-refractivity contribution in [2.75, 3.05) is 19.5 Å². The lowest BCUT2D eigenvalue weighted by Gasteiger charge is -2.26. The monoisotopic (exact) mass is 240 g/mol. The Kier molecular flexibility index (Phi) is 3.03. The van der Waals surface area contributed by atoms with Crippen LogP contribution in [-0.2, 0) is 11.2 Å². The Bertz CT molecular complexity index is 434. The topological polar surface area (TPSA) is 50.4 Å². The molecule has 1 aliphatic heterocycles. The van der Waals surface area contributed by atoms with Crippen LogP contribution in [0, 0.1) is 0 Å². The number of likely N-dealkylation sites (N-methyl/N-ethyl adjacent to an activating group) is 1. The molecule has 1 aromatic carbocycles. The first kappa shape index (κ1) is 11.2. The average Bonchev–Trinajstić information content (AvgIpc) is 2.30. The van der Waals surface area contributed by atoms with Crippen LogP contribution in [0.3, 0.4) is 0 Å². The van der Waals surface area contributed by atoms with Gasteiger partial charge in [-0.1, -0.05) is 11.6 Å². The molecule has 0 aromatic heterocycles. The fourth-order valence-corrected chi connectivity index (χ4v) is 2.09. The minimum Gasteiger partial charge on any atom is -0.496 e. The molecule has 2 rings (SSSR count). The van der Waals surface area contributed by atoms with E-state index in [2.05, 4.69) is 10.6 Å². The van der Waals surface area contributed by atoms with E-state index in [4.69, 9.17) is 16.3 Å². The van der Waals surface area contributed by atoms with Gasteiger partial charge < -0.3 is 15.4 Å². The zero-order chi connectivity index (χ0) is 11.7. The van der Waals surface area contributed by atoms with Gasteiger partial charge in [-0.25, -0.2) is 0 Å². The van der Waals surface area contributed by atoms with Gasteiger partial charge in [-0.2, -0.15) is 0 Å². The zero-order valence-corrected chi connectivity index (χ0v) is 9.89. The lowest BCUT2D eigenvalue weighted by Crippen LogP contribution is -2.43. The van der Waals surface area contributed by atoms with E-state index in [9.17, 15) is 4.79 Å². The zero-order valence-electron chi connectivity index (χ0n) is 9.13. The number of carbonyl (C=O) groups excluding carboxylic acids is 1. The van der Waals surface area contributed by atoms with Gasteiger partial charge in [0.15, 0.2) is 0 Å². The highest BCUT2D eigenvalue weighted by Gasteiger charge is 2.28. The van der Waals surface area contributed by atoms with E-state index in [-0.39, 0.29) is 11.9 Å². The molecule has 86 valence electrons. The van der Waals surface area contributed by atoms with Crippen molar-refractivity contribution >= 4 is 23.2 Å². The Labute approximate surface area is 98.9 Å². The summed E-state index contributed by atoms with van der Waals surface area (Å²) in [7, 11) is 3.36. The minimum absolute atomic E-state index is 0.0647. The number of halogens is 1. The van der Waals surface area contributed by atoms with Crippen LogP contribution in [0.25, 0.3) is 0 Å². The summed E-state index contributed by atoms with van der Waals surface area (Å²) in [5.74, 6) is 0.685. The van der Waals surface area contributed by atoms with Gasteiger partial charge in [-0.05, 0) is 19.2 Å². The maximum atomic E-state index is 11.7. The van der Waals surface area contributed by atoms with Gasteiger partial charge in [0.1, 0.15) is 5.75 Å². The van der Waals surface area contributed by atoms with E-state index < -0.39 is 0 Å². The number of nitrogens with one attached hydrogen (secondary N) is 2. The Morgan fingerprint density at radius 2 is 2.31 bits per heavy atom. The first-order chi connectivity index (χ1) is 7.67. The number of benzene rings is 1. The van der Waals surface area contributed by atoms with Gasteiger partial charge in [-0.15, -0.1) is 0 Å². The molecule has 1 amide bonds. The maximum absolute atomic E-state index is 11.7. The number of rotatable bonds is 2. The second kappa shape index (κ2) is 4.31. The predicted molar refractivity (Wildman–Crippen MR) is 63.2 cm³/mol. The molecule has 0 saturated carbocycles. The molecular formula is C11H13ClN2O2. The van der Waals surface area contributed by atoms with Gasteiger partial charge >= 0.3 is 0 Å². The highest BCUT2D eigenvalue weighted by atomic mass is 35.5. The summed E-state index contributed by atoms with van der Waals surface area (Å²) in [6, 6.07) is 3.30. The van der Waals surface area contributed by atoms with Crippen LogP contribution in [-0.4, -0.2) is 26.1 Å². The van der Waals surface area contributed by atoms with Gasteiger partial charge in [0.25, 0.3) is 0 Å². The number of carbonyl (C=O) groups is 1.